The van der Waals surface area contributed by atoms with E-state index in [1.807, 2.05) is 0 Å². The molecule has 0 saturated carbocycles. The number of para-hydroxylation sites is 1. The summed E-state index contributed by atoms with van der Waals surface area (Å²) in [5.41, 5.74) is 0.169. The van der Waals surface area contributed by atoms with Crippen molar-refractivity contribution < 1.29 is 22.3 Å². The molecule has 0 radical (unpaired) electrons. The molecule has 0 spiro atoms. The standard InChI is InChI=1S/C20H14ClN3O6S/c21-17-9-8-16(12-18(17)24(25)26)31(27,28)23(15-5-2-1-3-6-15)13-14-11-20(30-22-14)19-7-4-10-29-19/h1-12H,13H2. The van der Waals surface area contributed by atoms with E-state index in [4.69, 9.17) is 20.5 Å². The molecule has 0 bridgehead atoms. The van der Waals surface area contributed by atoms with Gasteiger partial charge in [0.2, 0.25) is 5.76 Å². The number of nitro benzene ring substituents is 1. The quantitative estimate of drug-likeness (QED) is 0.285. The lowest BCUT2D eigenvalue weighted by Gasteiger charge is -2.23. The van der Waals surface area contributed by atoms with Crippen LogP contribution in [0.4, 0.5) is 11.4 Å². The fraction of sp³-hybridized carbons (Fsp3) is 0.0500. The van der Waals surface area contributed by atoms with Crippen LogP contribution >= 0.6 is 11.6 Å². The van der Waals surface area contributed by atoms with E-state index >= 15 is 0 Å². The van der Waals surface area contributed by atoms with Gasteiger partial charge in [0.1, 0.15) is 10.7 Å². The van der Waals surface area contributed by atoms with Gasteiger partial charge in [0.25, 0.3) is 15.7 Å². The van der Waals surface area contributed by atoms with E-state index in [1.54, 1.807) is 48.5 Å². The fourth-order valence-corrected chi connectivity index (χ4v) is 4.54. The van der Waals surface area contributed by atoms with Crippen LogP contribution in [0.25, 0.3) is 11.5 Å². The normalized spacial score (nSPS) is 11.4. The second-order valence-electron chi connectivity index (χ2n) is 6.38. The minimum atomic E-state index is -4.20. The van der Waals surface area contributed by atoms with Crippen molar-refractivity contribution in [1.82, 2.24) is 5.16 Å². The average Bonchev–Trinajstić information content (AvgIpc) is 3.44. The third-order valence-electron chi connectivity index (χ3n) is 4.38. The van der Waals surface area contributed by atoms with E-state index in [-0.39, 0.29) is 16.5 Å². The van der Waals surface area contributed by atoms with Gasteiger partial charge in [-0.15, -0.1) is 0 Å². The second kappa shape index (κ2) is 8.25. The van der Waals surface area contributed by atoms with Gasteiger partial charge in [-0.1, -0.05) is 35.0 Å². The molecule has 0 aliphatic rings. The molecule has 2 aromatic carbocycles. The van der Waals surface area contributed by atoms with Crippen LogP contribution in [0.3, 0.4) is 0 Å². The fourth-order valence-electron chi connectivity index (χ4n) is 2.90. The highest BCUT2D eigenvalue weighted by Gasteiger charge is 2.29. The van der Waals surface area contributed by atoms with Gasteiger partial charge in [0.15, 0.2) is 5.76 Å². The maximum absolute atomic E-state index is 13.4. The van der Waals surface area contributed by atoms with Gasteiger partial charge >= 0.3 is 0 Å². The molecule has 0 aliphatic carbocycles. The van der Waals surface area contributed by atoms with Crippen molar-refractivity contribution in [2.75, 3.05) is 4.31 Å². The van der Waals surface area contributed by atoms with Crippen LogP contribution in [0.15, 0.2) is 86.8 Å². The Balaban J connectivity index is 1.75. The number of benzene rings is 2. The van der Waals surface area contributed by atoms with Gasteiger partial charge in [-0.2, -0.15) is 0 Å². The molecule has 4 rings (SSSR count). The summed E-state index contributed by atoms with van der Waals surface area (Å²) >= 11 is 5.84. The molecule has 0 amide bonds. The summed E-state index contributed by atoms with van der Waals surface area (Å²) in [4.78, 5) is 10.2. The number of furan rings is 1. The molecule has 9 nitrogen and oxygen atoms in total. The summed E-state index contributed by atoms with van der Waals surface area (Å²) in [5.74, 6) is 0.786. The molecule has 2 heterocycles. The Morgan fingerprint density at radius 2 is 1.81 bits per heavy atom. The first kappa shape index (κ1) is 20.6. The summed E-state index contributed by atoms with van der Waals surface area (Å²) in [6.07, 6.45) is 1.48. The molecule has 31 heavy (non-hydrogen) atoms. The number of nitro groups is 1. The Labute approximate surface area is 181 Å². The minimum absolute atomic E-state index is 0.158. The third-order valence-corrected chi connectivity index (χ3v) is 6.46. The van der Waals surface area contributed by atoms with Crippen molar-refractivity contribution in [1.29, 1.82) is 0 Å². The molecule has 11 heteroatoms. The molecule has 0 atom stereocenters. The van der Waals surface area contributed by atoms with Gasteiger partial charge in [0.05, 0.1) is 28.3 Å². The number of hydrogen-bond donors (Lipinski definition) is 0. The molecule has 0 N–H and O–H groups in total. The molecule has 4 aromatic rings. The monoisotopic (exact) mass is 459 g/mol. The van der Waals surface area contributed by atoms with Crippen LogP contribution in [-0.2, 0) is 16.6 Å². The van der Waals surface area contributed by atoms with E-state index in [9.17, 15) is 18.5 Å². The van der Waals surface area contributed by atoms with Crippen LogP contribution < -0.4 is 4.31 Å². The van der Waals surface area contributed by atoms with Gasteiger partial charge < -0.3 is 8.94 Å². The van der Waals surface area contributed by atoms with E-state index in [1.165, 1.54) is 18.4 Å². The van der Waals surface area contributed by atoms with Crippen LogP contribution in [-0.4, -0.2) is 18.5 Å². The van der Waals surface area contributed by atoms with Crippen molar-refractivity contribution >= 4 is 33.0 Å². The Morgan fingerprint density at radius 3 is 2.48 bits per heavy atom. The second-order valence-corrected chi connectivity index (χ2v) is 8.65. The highest BCUT2D eigenvalue weighted by Crippen LogP contribution is 2.32. The van der Waals surface area contributed by atoms with Crippen LogP contribution in [0, 0.1) is 10.1 Å². The molecule has 0 aliphatic heterocycles. The maximum atomic E-state index is 13.4. The highest BCUT2D eigenvalue weighted by molar-refractivity contribution is 7.92. The highest BCUT2D eigenvalue weighted by atomic mass is 35.5. The number of halogens is 1. The Hall–Kier alpha value is -3.63. The zero-order valence-electron chi connectivity index (χ0n) is 15.7. The molecule has 0 fully saturated rings. The predicted octanol–water partition coefficient (Wildman–Crippen LogP) is 4.89. The Kier molecular flexibility index (Phi) is 5.49. The number of hydrogen-bond acceptors (Lipinski definition) is 7. The summed E-state index contributed by atoms with van der Waals surface area (Å²) < 4.78 is 38.5. The van der Waals surface area contributed by atoms with E-state index < -0.39 is 20.6 Å². The molecular formula is C20H14ClN3O6S. The summed E-state index contributed by atoms with van der Waals surface area (Å²) in [6, 6.07) is 16.6. The van der Waals surface area contributed by atoms with Crippen molar-refractivity contribution in [3.8, 4) is 11.5 Å². The number of nitrogens with zero attached hydrogens (tertiary/aromatic N) is 3. The lowest BCUT2D eigenvalue weighted by atomic mass is 10.3. The summed E-state index contributed by atoms with van der Waals surface area (Å²) in [6.45, 7) is -0.174. The van der Waals surface area contributed by atoms with E-state index in [0.29, 0.717) is 22.9 Å². The largest absolute Gasteiger partial charge is 0.461 e. The Bertz CT molecular complexity index is 1320. The average molecular weight is 460 g/mol. The van der Waals surface area contributed by atoms with Crippen LogP contribution in [0.2, 0.25) is 5.02 Å². The minimum Gasteiger partial charge on any atom is -0.461 e. The van der Waals surface area contributed by atoms with Crippen molar-refractivity contribution in [3.63, 3.8) is 0 Å². The van der Waals surface area contributed by atoms with Gasteiger partial charge in [-0.3, -0.25) is 14.4 Å². The molecular weight excluding hydrogens is 446 g/mol. The van der Waals surface area contributed by atoms with Gasteiger partial charge in [0, 0.05) is 12.1 Å². The van der Waals surface area contributed by atoms with Crippen LogP contribution in [0.5, 0.6) is 0 Å². The molecule has 0 saturated heterocycles. The summed E-state index contributed by atoms with van der Waals surface area (Å²) in [7, 11) is -4.20. The number of anilines is 1. The SMILES string of the molecule is O=[N+]([O-])c1cc(S(=O)(=O)N(Cc2cc(-c3ccco3)on2)c2ccccc2)ccc1Cl. The first-order valence-electron chi connectivity index (χ1n) is 8.87. The number of sulfonamides is 1. The predicted molar refractivity (Wildman–Crippen MR) is 112 cm³/mol. The molecule has 2 aromatic heterocycles. The van der Waals surface area contributed by atoms with Crippen molar-refractivity contribution in [2.45, 2.75) is 11.4 Å². The lowest BCUT2D eigenvalue weighted by Crippen LogP contribution is -2.30. The van der Waals surface area contributed by atoms with E-state index in [2.05, 4.69) is 5.16 Å². The first-order valence-corrected chi connectivity index (χ1v) is 10.7. The molecule has 0 unspecified atom stereocenters. The topological polar surface area (TPSA) is 120 Å². The van der Waals surface area contributed by atoms with Crippen LogP contribution in [0.1, 0.15) is 5.69 Å². The lowest BCUT2D eigenvalue weighted by molar-refractivity contribution is -0.384. The van der Waals surface area contributed by atoms with Crippen molar-refractivity contribution in [2.24, 2.45) is 0 Å². The third kappa shape index (κ3) is 4.16. The van der Waals surface area contributed by atoms with Gasteiger partial charge in [-0.05, 0) is 36.4 Å². The first-order chi connectivity index (χ1) is 14.9. The number of aromatic nitrogens is 1. The number of rotatable bonds is 7. The summed E-state index contributed by atoms with van der Waals surface area (Å²) in [5, 5.41) is 15.0. The van der Waals surface area contributed by atoms with E-state index in [0.717, 1.165) is 10.4 Å². The zero-order valence-corrected chi connectivity index (χ0v) is 17.3. The maximum Gasteiger partial charge on any atom is 0.289 e. The van der Waals surface area contributed by atoms with Gasteiger partial charge in [-0.25, -0.2) is 8.42 Å². The van der Waals surface area contributed by atoms with Crippen molar-refractivity contribution in [3.05, 3.63) is 93.8 Å². The molecule has 158 valence electrons. The Morgan fingerprint density at radius 1 is 1.03 bits per heavy atom. The zero-order chi connectivity index (χ0) is 22.0. The smallest absolute Gasteiger partial charge is 0.289 e.